The topological polar surface area (TPSA) is 126 Å². The summed E-state index contributed by atoms with van der Waals surface area (Å²) in [5.74, 6) is -0.542. The Labute approximate surface area is 207 Å². The van der Waals surface area contributed by atoms with Crippen molar-refractivity contribution < 1.29 is 19.2 Å². The van der Waals surface area contributed by atoms with Crippen LogP contribution in [0.2, 0.25) is 5.02 Å². The van der Waals surface area contributed by atoms with Crippen molar-refractivity contribution in [1.82, 2.24) is 9.66 Å². The van der Waals surface area contributed by atoms with Crippen molar-refractivity contribution in [2.24, 2.45) is 5.10 Å². The summed E-state index contributed by atoms with van der Waals surface area (Å²) in [5, 5.41) is 16.3. The maximum absolute atomic E-state index is 13.1. The van der Waals surface area contributed by atoms with Crippen molar-refractivity contribution >= 4 is 56.3 Å². The van der Waals surface area contributed by atoms with Crippen LogP contribution in [0, 0.1) is 10.1 Å². The Balaban J connectivity index is 2.15. The van der Waals surface area contributed by atoms with Crippen LogP contribution in [0.3, 0.4) is 0 Å². The fourth-order valence-corrected chi connectivity index (χ4v) is 3.69. The number of hydrogen-bond donors (Lipinski definition) is 0. The monoisotopic (exact) mass is 550 g/mol. The van der Waals surface area contributed by atoms with Crippen LogP contribution in [0.1, 0.15) is 32.2 Å². The third-order valence-electron chi connectivity index (χ3n) is 4.68. The molecule has 0 fully saturated rings. The van der Waals surface area contributed by atoms with Gasteiger partial charge < -0.3 is 9.47 Å². The van der Waals surface area contributed by atoms with Gasteiger partial charge in [-0.05, 0) is 38.1 Å². The number of rotatable bonds is 8. The second-order valence-corrected chi connectivity index (χ2v) is 8.37. The number of fused-ring (bicyclic) bond motifs is 1. The van der Waals surface area contributed by atoms with E-state index in [9.17, 15) is 19.7 Å². The molecule has 0 aliphatic rings. The normalized spacial score (nSPS) is 12.1. The molecule has 0 saturated heterocycles. The fourth-order valence-electron chi connectivity index (χ4n) is 3.11. The van der Waals surface area contributed by atoms with Gasteiger partial charge in [0.05, 0.1) is 28.6 Å². The highest BCUT2D eigenvalue weighted by atomic mass is 79.9. The Bertz CT molecular complexity index is 1360. The SMILES string of the molecule is CCOC(=O)[C@@H](C)Oc1c(C=Nn2c(CC)nc3ccc(Br)cc3c2=O)cc(Cl)cc1[N+](=O)[O-]. The Morgan fingerprint density at radius 3 is 2.74 bits per heavy atom. The Kier molecular flexibility index (Phi) is 8.00. The first-order chi connectivity index (χ1) is 16.2. The Morgan fingerprint density at radius 1 is 1.35 bits per heavy atom. The molecule has 0 saturated carbocycles. The van der Waals surface area contributed by atoms with Crippen molar-refractivity contribution in [1.29, 1.82) is 0 Å². The highest BCUT2D eigenvalue weighted by molar-refractivity contribution is 9.10. The predicted octanol–water partition coefficient (Wildman–Crippen LogP) is 4.50. The first-order valence-electron chi connectivity index (χ1n) is 10.2. The van der Waals surface area contributed by atoms with E-state index in [1.54, 1.807) is 25.1 Å². The molecular weight excluding hydrogens is 532 g/mol. The summed E-state index contributed by atoms with van der Waals surface area (Å²) in [5.41, 5.74) is -0.271. The van der Waals surface area contributed by atoms with E-state index in [4.69, 9.17) is 21.1 Å². The summed E-state index contributed by atoms with van der Waals surface area (Å²) in [6.45, 7) is 4.98. The van der Waals surface area contributed by atoms with Gasteiger partial charge >= 0.3 is 11.7 Å². The van der Waals surface area contributed by atoms with Gasteiger partial charge in [-0.3, -0.25) is 14.9 Å². The summed E-state index contributed by atoms with van der Waals surface area (Å²) in [6.07, 6.45) is 0.468. The molecule has 12 heteroatoms. The third-order valence-corrected chi connectivity index (χ3v) is 5.39. The number of carbonyl (C=O) groups excluding carboxylic acids is 1. The van der Waals surface area contributed by atoms with Crippen LogP contribution in [0.25, 0.3) is 10.9 Å². The summed E-state index contributed by atoms with van der Waals surface area (Å²) in [4.78, 5) is 40.6. The quantitative estimate of drug-likeness (QED) is 0.175. The van der Waals surface area contributed by atoms with Gasteiger partial charge in [0.15, 0.2) is 6.10 Å². The van der Waals surface area contributed by atoms with Crippen LogP contribution in [-0.2, 0) is 16.0 Å². The number of hydrogen-bond acceptors (Lipinski definition) is 8. The molecule has 0 unspecified atom stereocenters. The highest BCUT2D eigenvalue weighted by Crippen LogP contribution is 2.34. The molecule has 0 radical (unpaired) electrons. The molecule has 178 valence electrons. The molecule has 0 aliphatic heterocycles. The Morgan fingerprint density at radius 2 is 2.09 bits per heavy atom. The maximum Gasteiger partial charge on any atom is 0.347 e. The van der Waals surface area contributed by atoms with Gasteiger partial charge in [0.2, 0.25) is 5.75 Å². The number of nitro groups is 1. The number of esters is 1. The van der Waals surface area contributed by atoms with Crippen molar-refractivity contribution in [2.45, 2.75) is 33.3 Å². The van der Waals surface area contributed by atoms with E-state index < -0.39 is 28.2 Å². The number of nitrogens with zero attached hydrogens (tertiary/aromatic N) is 4. The minimum absolute atomic E-state index is 0.0490. The minimum Gasteiger partial charge on any atom is -0.471 e. The molecule has 3 aromatic rings. The van der Waals surface area contributed by atoms with Crippen molar-refractivity contribution in [3.8, 4) is 5.75 Å². The van der Waals surface area contributed by atoms with E-state index in [0.29, 0.717) is 27.6 Å². The van der Waals surface area contributed by atoms with E-state index in [0.717, 1.165) is 10.7 Å². The zero-order chi connectivity index (χ0) is 25.0. The first kappa shape index (κ1) is 25.3. The fraction of sp³-hybridized carbons (Fsp3) is 0.273. The second kappa shape index (κ2) is 10.7. The largest absolute Gasteiger partial charge is 0.471 e. The molecule has 2 aromatic carbocycles. The minimum atomic E-state index is -1.14. The number of halogens is 2. The van der Waals surface area contributed by atoms with Gasteiger partial charge in [0.1, 0.15) is 5.82 Å². The standard InChI is InChI=1S/C22H20BrClN4O6/c1-4-19-26-17-7-6-14(23)9-16(17)21(29)27(19)25-11-13-8-15(24)10-18(28(31)32)20(13)34-12(3)22(30)33-5-2/h6-12H,4-5H2,1-3H3/t12-/m1/s1. The lowest BCUT2D eigenvalue weighted by molar-refractivity contribution is -0.386. The van der Waals surface area contributed by atoms with Gasteiger partial charge in [0, 0.05) is 27.5 Å². The van der Waals surface area contributed by atoms with E-state index in [1.165, 1.54) is 19.2 Å². The molecule has 34 heavy (non-hydrogen) atoms. The van der Waals surface area contributed by atoms with Gasteiger partial charge in [-0.1, -0.05) is 34.5 Å². The molecule has 1 heterocycles. The summed E-state index contributed by atoms with van der Waals surface area (Å²) >= 11 is 9.42. The van der Waals surface area contributed by atoms with Gasteiger partial charge in [-0.25, -0.2) is 9.78 Å². The van der Waals surface area contributed by atoms with Crippen LogP contribution in [0.5, 0.6) is 5.75 Å². The van der Waals surface area contributed by atoms with Crippen LogP contribution in [-0.4, -0.2) is 39.5 Å². The second-order valence-electron chi connectivity index (χ2n) is 7.02. The zero-order valence-corrected chi connectivity index (χ0v) is 20.8. The van der Waals surface area contributed by atoms with E-state index in [-0.39, 0.29) is 22.9 Å². The molecule has 0 spiro atoms. The molecule has 0 amide bonds. The Hall–Kier alpha value is -3.31. The third kappa shape index (κ3) is 5.42. The highest BCUT2D eigenvalue weighted by Gasteiger charge is 2.26. The van der Waals surface area contributed by atoms with Crippen LogP contribution >= 0.6 is 27.5 Å². The molecule has 1 atom stereocenters. The molecular formula is C22H20BrClN4O6. The van der Waals surface area contributed by atoms with Crippen molar-refractivity contribution in [3.63, 3.8) is 0 Å². The molecule has 3 rings (SSSR count). The average Bonchev–Trinajstić information content (AvgIpc) is 2.79. The van der Waals surface area contributed by atoms with E-state index in [1.807, 2.05) is 6.92 Å². The van der Waals surface area contributed by atoms with Gasteiger partial charge in [0.25, 0.3) is 5.56 Å². The summed E-state index contributed by atoms with van der Waals surface area (Å²) < 4.78 is 12.3. The van der Waals surface area contributed by atoms with E-state index in [2.05, 4.69) is 26.0 Å². The molecule has 1 aromatic heterocycles. The smallest absolute Gasteiger partial charge is 0.347 e. The van der Waals surface area contributed by atoms with Crippen LogP contribution in [0.15, 0.2) is 44.7 Å². The number of benzene rings is 2. The predicted molar refractivity (Wildman–Crippen MR) is 131 cm³/mol. The van der Waals surface area contributed by atoms with Crippen LogP contribution in [0.4, 0.5) is 5.69 Å². The number of aryl methyl sites for hydroxylation is 1. The van der Waals surface area contributed by atoms with Gasteiger partial charge in [-0.2, -0.15) is 9.78 Å². The lowest BCUT2D eigenvalue weighted by Crippen LogP contribution is -2.27. The molecule has 0 N–H and O–H groups in total. The lowest BCUT2D eigenvalue weighted by atomic mass is 10.2. The average molecular weight is 552 g/mol. The first-order valence-corrected chi connectivity index (χ1v) is 11.4. The van der Waals surface area contributed by atoms with Crippen LogP contribution < -0.4 is 10.3 Å². The zero-order valence-electron chi connectivity index (χ0n) is 18.4. The molecule has 10 nitrogen and oxygen atoms in total. The van der Waals surface area contributed by atoms with E-state index >= 15 is 0 Å². The summed E-state index contributed by atoms with van der Waals surface area (Å²) in [6, 6.07) is 7.62. The maximum atomic E-state index is 13.1. The number of aromatic nitrogens is 2. The number of carbonyl (C=O) groups is 1. The van der Waals surface area contributed by atoms with Crippen molar-refractivity contribution in [2.75, 3.05) is 6.61 Å². The van der Waals surface area contributed by atoms with Gasteiger partial charge in [-0.15, -0.1) is 0 Å². The summed E-state index contributed by atoms with van der Waals surface area (Å²) in [7, 11) is 0. The lowest BCUT2D eigenvalue weighted by Gasteiger charge is -2.15. The molecule has 0 aliphatic carbocycles. The number of nitro benzene ring substituents is 1. The molecule has 0 bridgehead atoms. The number of ether oxygens (including phenoxy) is 2. The van der Waals surface area contributed by atoms with Crippen molar-refractivity contribution in [3.05, 3.63) is 71.7 Å².